The zero-order valence-corrected chi connectivity index (χ0v) is 19.0. The van der Waals surface area contributed by atoms with Gasteiger partial charge in [-0.15, -0.1) is 0 Å². The van der Waals surface area contributed by atoms with Crippen LogP contribution in [0.5, 0.6) is 5.75 Å². The zero-order chi connectivity index (χ0) is 22.8. The van der Waals surface area contributed by atoms with Gasteiger partial charge in [0.25, 0.3) is 5.91 Å². The molecule has 0 spiro atoms. The molecule has 1 amide bonds. The maximum absolute atomic E-state index is 13.5. The van der Waals surface area contributed by atoms with Crippen LogP contribution in [-0.2, 0) is 0 Å². The van der Waals surface area contributed by atoms with Gasteiger partial charge in [-0.2, -0.15) is 0 Å². The number of benzene rings is 1. The molecule has 3 aliphatic heterocycles. The summed E-state index contributed by atoms with van der Waals surface area (Å²) in [5, 5.41) is 25.6. The van der Waals surface area contributed by atoms with Crippen LogP contribution in [0.2, 0.25) is 0 Å². The van der Waals surface area contributed by atoms with Gasteiger partial charge in [-0.3, -0.25) is 4.79 Å². The second kappa shape index (κ2) is 9.44. The van der Waals surface area contributed by atoms with Gasteiger partial charge in [-0.1, -0.05) is 23.7 Å². The van der Waals surface area contributed by atoms with Gasteiger partial charge in [0.15, 0.2) is 0 Å². The third kappa shape index (κ3) is 4.30. The number of carbonyl (C=O) groups is 1. The van der Waals surface area contributed by atoms with Crippen LogP contribution in [-0.4, -0.2) is 65.7 Å². The topological polar surface area (TPSA) is 110 Å². The molecule has 32 heavy (non-hydrogen) atoms. The Hall–Kier alpha value is -2.68. The third-order valence-corrected chi connectivity index (χ3v) is 6.57. The van der Waals surface area contributed by atoms with Crippen LogP contribution in [0, 0.1) is 5.41 Å². The van der Waals surface area contributed by atoms with Crippen LogP contribution in [0.25, 0.3) is 0 Å². The minimum atomic E-state index is -0.754. The van der Waals surface area contributed by atoms with E-state index in [2.05, 4.69) is 15.6 Å². The minimum Gasteiger partial charge on any atom is -0.489 e. The number of halogens is 1. The van der Waals surface area contributed by atoms with E-state index in [1.807, 2.05) is 13.0 Å². The normalized spacial score (nSPS) is 24.5. The van der Waals surface area contributed by atoms with Gasteiger partial charge in [0.1, 0.15) is 17.7 Å². The molecular weight excluding hydrogens is 430 g/mol. The molecule has 1 unspecified atom stereocenters. The number of aliphatic imine (C=N–C) groups is 1. The number of carbonyl (C=O) groups excluding carboxylic acids is 1. The molecule has 0 bridgehead atoms. The summed E-state index contributed by atoms with van der Waals surface area (Å²) in [6.45, 7) is 5.22. The van der Waals surface area contributed by atoms with Crippen LogP contribution < -0.4 is 15.4 Å². The van der Waals surface area contributed by atoms with E-state index >= 15 is 0 Å². The molecule has 3 aliphatic rings. The molecule has 8 nitrogen and oxygen atoms in total. The number of hydrogen-bond donors (Lipinski definition) is 4. The highest BCUT2D eigenvalue weighted by Crippen LogP contribution is 2.30. The second-order valence-corrected chi connectivity index (χ2v) is 8.57. The third-order valence-electron chi connectivity index (χ3n) is 6.01. The largest absolute Gasteiger partial charge is 0.489 e. The summed E-state index contributed by atoms with van der Waals surface area (Å²) in [5.74, 6) is 0.738. The molecule has 2 fully saturated rings. The fourth-order valence-corrected chi connectivity index (χ4v) is 4.30. The number of rotatable bonds is 4. The molecule has 0 aromatic heterocycles. The number of para-hydroxylation sites is 1. The number of allylic oxidation sites excluding steroid dienone is 2. The van der Waals surface area contributed by atoms with Gasteiger partial charge in [-0.05, 0) is 51.9 Å². The molecule has 9 heteroatoms. The lowest BCUT2D eigenvalue weighted by atomic mass is 10.1. The average Bonchev–Trinajstić information content (AvgIpc) is 3.14. The predicted molar refractivity (Wildman–Crippen MR) is 124 cm³/mol. The Morgan fingerprint density at radius 3 is 2.72 bits per heavy atom. The van der Waals surface area contributed by atoms with Crippen LogP contribution in [0.15, 0.2) is 51.4 Å². The van der Waals surface area contributed by atoms with Crippen LogP contribution in [0.4, 0.5) is 0 Å². The average molecular weight is 458 g/mol. The Morgan fingerprint density at radius 1 is 1.31 bits per heavy atom. The summed E-state index contributed by atoms with van der Waals surface area (Å²) in [5.41, 5.74) is 2.54. The fraction of sp³-hybridized carbons (Fsp3) is 0.435. The van der Waals surface area contributed by atoms with Gasteiger partial charge >= 0.3 is 0 Å². The zero-order valence-electron chi connectivity index (χ0n) is 18.2. The molecule has 4 N–H and O–H groups in total. The van der Waals surface area contributed by atoms with Crippen LogP contribution in [0.3, 0.4) is 0 Å². The Balaban J connectivity index is 1.62. The van der Waals surface area contributed by atoms with Crippen molar-refractivity contribution in [1.82, 2.24) is 15.5 Å². The number of amides is 1. The first-order valence-corrected chi connectivity index (χ1v) is 11.2. The van der Waals surface area contributed by atoms with Crippen molar-refractivity contribution in [2.24, 2.45) is 4.99 Å². The van der Waals surface area contributed by atoms with Gasteiger partial charge in [0.05, 0.1) is 41.2 Å². The first-order valence-electron chi connectivity index (χ1n) is 10.8. The molecule has 0 saturated carbocycles. The monoisotopic (exact) mass is 457 g/mol. The van der Waals surface area contributed by atoms with Crippen molar-refractivity contribution in [3.8, 4) is 5.75 Å². The highest BCUT2D eigenvalue weighted by atomic mass is 35.5. The number of hydrogen-bond acceptors (Lipinski definition) is 7. The van der Waals surface area contributed by atoms with Crippen molar-refractivity contribution in [3.63, 3.8) is 0 Å². The molecule has 4 rings (SSSR count). The van der Waals surface area contributed by atoms with E-state index in [9.17, 15) is 9.90 Å². The minimum absolute atomic E-state index is 0.0525. The molecule has 3 heterocycles. The Bertz CT molecular complexity index is 1030. The molecule has 0 radical (unpaired) electrons. The summed E-state index contributed by atoms with van der Waals surface area (Å²) in [4.78, 5) is 19.5. The van der Waals surface area contributed by atoms with E-state index in [0.717, 1.165) is 31.6 Å². The molecule has 170 valence electrons. The molecule has 0 aliphatic carbocycles. The smallest absolute Gasteiger partial charge is 0.258 e. The van der Waals surface area contributed by atoms with Crippen LogP contribution >= 0.6 is 11.6 Å². The molecule has 1 aromatic rings. The van der Waals surface area contributed by atoms with Gasteiger partial charge < -0.3 is 30.8 Å². The van der Waals surface area contributed by atoms with E-state index in [1.165, 1.54) is 4.90 Å². The van der Waals surface area contributed by atoms with Gasteiger partial charge in [-0.25, -0.2) is 4.99 Å². The van der Waals surface area contributed by atoms with Crippen molar-refractivity contribution in [1.29, 1.82) is 5.41 Å². The van der Waals surface area contributed by atoms with E-state index < -0.39 is 6.04 Å². The van der Waals surface area contributed by atoms with E-state index in [1.54, 1.807) is 25.1 Å². The summed E-state index contributed by atoms with van der Waals surface area (Å²) in [7, 11) is 0. The van der Waals surface area contributed by atoms with E-state index in [4.69, 9.17) is 21.7 Å². The lowest BCUT2D eigenvalue weighted by molar-refractivity contribution is 0.0706. The van der Waals surface area contributed by atoms with Crippen molar-refractivity contribution >= 4 is 28.9 Å². The van der Waals surface area contributed by atoms with Crippen LogP contribution in [0.1, 0.15) is 37.0 Å². The highest BCUT2D eigenvalue weighted by molar-refractivity contribution is 6.43. The summed E-state index contributed by atoms with van der Waals surface area (Å²) in [6, 6.07) is 6.42. The lowest BCUT2D eigenvalue weighted by Gasteiger charge is -2.27. The van der Waals surface area contributed by atoms with E-state index in [0.29, 0.717) is 33.5 Å². The first kappa shape index (κ1) is 22.5. The van der Waals surface area contributed by atoms with E-state index in [-0.39, 0.29) is 30.9 Å². The van der Waals surface area contributed by atoms with Gasteiger partial charge in [0.2, 0.25) is 0 Å². The number of ether oxygens (including phenoxy) is 1. The summed E-state index contributed by atoms with van der Waals surface area (Å²) < 4.78 is 6.18. The molecular formula is C23H28ClN5O3. The number of nitrogens with one attached hydrogen (secondary N) is 3. The summed E-state index contributed by atoms with van der Waals surface area (Å²) >= 11 is 6.23. The lowest BCUT2D eigenvalue weighted by Crippen LogP contribution is -2.40. The molecule has 1 atom stereocenters. The number of nitrogens with zero attached hydrogens (tertiary/aromatic N) is 2. The Morgan fingerprint density at radius 2 is 2.03 bits per heavy atom. The standard InChI is InChI=1S/C23H28ClN5O3/c1-13-20(24)14(2)28-22(27-13)17-11-29(18(12-30)21(17)25)23(31)16-5-3-4-6-19(16)32-15-7-9-26-10-8-15/h3-6,15,18,25-27,30H,7-12H2,1-2H3/b22-17+,25-21?. The number of likely N-dealkylation sites (tertiary alicyclic amines) is 1. The maximum atomic E-state index is 13.5. The summed E-state index contributed by atoms with van der Waals surface area (Å²) in [6.07, 6.45) is 1.81. The maximum Gasteiger partial charge on any atom is 0.258 e. The second-order valence-electron chi connectivity index (χ2n) is 8.20. The van der Waals surface area contributed by atoms with Crippen molar-refractivity contribution < 1.29 is 14.6 Å². The van der Waals surface area contributed by atoms with Gasteiger partial charge in [0, 0.05) is 11.3 Å². The van der Waals surface area contributed by atoms with Crippen molar-refractivity contribution in [2.45, 2.75) is 38.8 Å². The first-order chi connectivity index (χ1) is 15.4. The Labute approximate surface area is 192 Å². The fourth-order valence-electron chi connectivity index (χ4n) is 4.21. The van der Waals surface area contributed by atoms with Crippen molar-refractivity contribution in [3.05, 3.63) is 52.0 Å². The quantitative estimate of drug-likeness (QED) is 0.555. The Kier molecular flexibility index (Phi) is 6.64. The van der Waals surface area contributed by atoms with Crippen molar-refractivity contribution in [2.75, 3.05) is 26.2 Å². The molecule has 2 saturated heterocycles. The number of piperidine rings is 1. The number of aliphatic hydroxyl groups excluding tert-OH is 1. The SMILES string of the molecule is CC1=N/C(=C2\CN(C(=O)c3ccccc3OC3CCNCC3)C(CO)C2=N)NC(C)=C1Cl. The highest BCUT2D eigenvalue weighted by Gasteiger charge is 2.39. The number of aliphatic hydroxyl groups is 1. The molecule has 1 aromatic carbocycles. The predicted octanol–water partition coefficient (Wildman–Crippen LogP) is 2.40.